The molecule has 1 aliphatic heterocycles. The van der Waals surface area contributed by atoms with E-state index in [1.54, 1.807) is 0 Å². The molecular formula is C15H26N4O. The maximum atomic E-state index is 12.3. The van der Waals surface area contributed by atoms with E-state index < -0.39 is 0 Å². The van der Waals surface area contributed by atoms with E-state index in [1.807, 2.05) is 11.6 Å². The molecule has 0 aromatic carbocycles. The van der Waals surface area contributed by atoms with Crippen molar-refractivity contribution in [2.75, 3.05) is 13.1 Å². The lowest BCUT2D eigenvalue weighted by atomic mass is 9.93. The van der Waals surface area contributed by atoms with Gasteiger partial charge < -0.3 is 10.6 Å². The molecule has 0 bridgehead atoms. The molecule has 1 saturated heterocycles. The van der Waals surface area contributed by atoms with Crippen molar-refractivity contribution >= 4 is 5.91 Å². The molecule has 0 spiro atoms. The summed E-state index contributed by atoms with van der Waals surface area (Å²) >= 11 is 0. The van der Waals surface area contributed by atoms with Gasteiger partial charge >= 0.3 is 0 Å². The highest BCUT2D eigenvalue weighted by Gasteiger charge is 2.38. The fourth-order valence-electron chi connectivity index (χ4n) is 2.96. The van der Waals surface area contributed by atoms with Crippen molar-refractivity contribution < 1.29 is 4.79 Å². The number of nitrogens with one attached hydrogen (secondary N) is 2. The van der Waals surface area contributed by atoms with Crippen molar-refractivity contribution in [3.8, 4) is 0 Å². The summed E-state index contributed by atoms with van der Waals surface area (Å²) < 4.78 is 2.00. The number of aryl methyl sites for hydroxylation is 3. The molecule has 5 nitrogen and oxygen atoms in total. The van der Waals surface area contributed by atoms with Crippen LogP contribution in [-0.2, 0) is 11.3 Å². The van der Waals surface area contributed by atoms with E-state index in [9.17, 15) is 4.79 Å². The van der Waals surface area contributed by atoms with Crippen molar-refractivity contribution in [2.45, 2.75) is 58.5 Å². The summed E-state index contributed by atoms with van der Waals surface area (Å²) in [5, 5.41) is 10.9. The Kier molecular flexibility index (Phi) is 4.81. The van der Waals surface area contributed by atoms with E-state index in [-0.39, 0.29) is 11.4 Å². The molecule has 1 unspecified atom stereocenters. The Labute approximate surface area is 121 Å². The lowest BCUT2D eigenvalue weighted by Crippen LogP contribution is -2.53. The fraction of sp³-hybridized carbons (Fsp3) is 0.733. The van der Waals surface area contributed by atoms with Crippen molar-refractivity contribution in [2.24, 2.45) is 0 Å². The zero-order chi connectivity index (χ0) is 14.6. The van der Waals surface area contributed by atoms with Crippen LogP contribution < -0.4 is 10.6 Å². The van der Waals surface area contributed by atoms with Crippen LogP contribution >= 0.6 is 0 Å². The summed E-state index contributed by atoms with van der Waals surface area (Å²) in [6.07, 6.45) is 3.81. The summed E-state index contributed by atoms with van der Waals surface area (Å²) in [5.74, 6) is 0.158. The standard InChI is InChI=1S/C15H26N4O/c1-4-15(7-5-9-17-15)14(20)16-8-6-10-19-13(3)11-12(2)18-19/h11,17H,4-10H2,1-3H3,(H,16,20). The van der Waals surface area contributed by atoms with Gasteiger partial charge in [-0.15, -0.1) is 0 Å². The van der Waals surface area contributed by atoms with Crippen LogP contribution in [0.3, 0.4) is 0 Å². The second kappa shape index (κ2) is 6.39. The van der Waals surface area contributed by atoms with Gasteiger partial charge in [-0.05, 0) is 52.1 Å². The molecule has 0 saturated carbocycles. The highest BCUT2D eigenvalue weighted by molar-refractivity contribution is 5.86. The van der Waals surface area contributed by atoms with Gasteiger partial charge in [-0.25, -0.2) is 0 Å². The first kappa shape index (κ1) is 15.0. The van der Waals surface area contributed by atoms with Gasteiger partial charge in [0.05, 0.1) is 11.2 Å². The summed E-state index contributed by atoms with van der Waals surface area (Å²) in [5.41, 5.74) is 1.90. The minimum absolute atomic E-state index is 0.158. The first-order valence-electron chi connectivity index (χ1n) is 7.62. The molecule has 1 fully saturated rings. The zero-order valence-corrected chi connectivity index (χ0v) is 12.8. The predicted molar refractivity (Wildman–Crippen MR) is 79.6 cm³/mol. The van der Waals surface area contributed by atoms with E-state index in [0.717, 1.165) is 44.5 Å². The largest absolute Gasteiger partial charge is 0.354 e. The highest BCUT2D eigenvalue weighted by atomic mass is 16.2. The maximum absolute atomic E-state index is 12.3. The molecule has 0 radical (unpaired) electrons. The monoisotopic (exact) mass is 278 g/mol. The molecular weight excluding hydrogens is 252 g/mol. The molecule has 1 atom stereocenters. The minimum atomic E-state index is -0.321. The number of carbonyl (C=O) groups is 1. The van der Waals surface area contributed by atoms with Crippen LogP contribution in [0.1, 0.15) is 44.0 Å². The number of carbonyl (C=O) groups excluding carboxylic acids is 1. The van der Waals surface area contributed by atoms with E-state index in [4.69, 9.17) is 0 Å². The fourth-order valence-corrected chi connectivity index (χ4v) is 2.96. The Morgan fingerprint density at radius 1 is 1.55 bits per heavy atom. The van der Waals surface area contributed by atoms with Gasteiger partial charge in [0, 0.05) is 18.8 Å². The maximum Gasteiger partial charge on any atom is 0.240 e. The summed E-state index contributed by atoms with van der Waals surface area (Å²) in [7, 11) is 0. The zero-order valence-electron chi connectivity index (χ0n) is 12.8. The Hall–Kier alpha value is -1.36. The Bertz CT molecular complexity index is 460. The molecule has 2 heterocycles. The third-order valence-electron chi connectivity index (χ3n) is 4.22. The normalized spacial score (nSPS) is 22.1. The van der Waals surface area contributed by atoms with E-state index in [2.05, 4.69) is 35.6 Å². The van der Waals surface area contributed by atoms with Gasteiger partial charge in [-0.2, -0.15) is 5.10 Å². The van der Waals surface area contributed by atoms with E-state index in [0.29, 0.717) is 6.54 Å². The smallest absolute Gasteiger partial charge is 0.240 e. The lowest BCUT2D eigenvalue weighted by molar-refractivity contribution is -0.127. The Morgan fingerprint density at radius 2 is 2.35 bits per heavy atom. The second-order valence-electron chi connectivity index (χ2n) is 5.73. The van der Waals surface area contributed by atoms with Crippen LogP contribution in [-0.4, -0.2) is 34.3 Å². The third kappa shape index (κ3) is 3.20. The van der Waals surface area contributed by atoms with Gasteiger partial charge in [-0.3, -0.25) is 9.48 Å². The number of hydrogen-bond donors (Lipinski definition) is 2. The molecule has 1 aromatic heterocycles. The van der Waals surface area contributed by atoms with Crippen molar-refractivity contribution in [1.29, 1.82) is 0 Å². The third-order valence-corrected chi connectivity index (χ3v) is 4.22. The minimum Gasteiger partial charge on any atom is -0.354 e. The number of rotatable bonds is 6. The number of amides is 1. The molecule has 1 aromatic rings. The van der Waals surface area contributed by atoms with Gasteiger partial charge in [0.25, 0.3) is 0 Å². The molecule has 2 N–H and O–H groups in total. The van der Waals surface area contributed by atoms with Crippen LogP contribution in [0.4, 0.5) is 0 Å². The van der Waals surface area contributed by atoms with Crippen LogP contribution in [0.5, 0.6) is 0 Å². The number of nitrogens with zero attached hydrogens (tertiary/aromatic N) is 2. The van der Waals surface area contributed by atoms with Crippen molar-refractivity contribution in [3.05, 3.63) is 17.5 Å². The number of aromatic nitrogens is 2. The predicted octanol–water partition coefficient (Wildman–Crippen LogP) is 1.54. The molecule has 5 heteroatoms. The first-order chi connectivity index (χ1) is 9.57. The average molecular weight is 278 g/mol. The molecule has 20 heavy (non-hydrogen) atoms. The Morgan fingerprint density at radius 3 is 2.90 bits per heavy atom. The quantitative estimate of drug-likeness (QED) is 0.776. The molecule has 2 rings (SSSR count). The van der Waals surface area contributed by atoms with Crippen LogP contribution in [0, 0.1) is 13.8 Å². The summed E-state index contributed by atoms with van der Waals surface area (Å²) in [6.45, 7) is 8.66. The SMILES string of the molecule is CCC1(C(=O)NCCCn2nc(C)cc2C)CCCN1. The van der Waals surface area contributed by atoms with Gasteiger partial charge in [0.2, 0.25) is 5.91 Å². The second-order valence-corrected chi connectivity index (χ2v) is 5.73. The average Bonchev–Trinajstić information content (AvgIpc) is 3.02. The topological polar surface area (TPSA) is 59.0 Å². The van der Waals surface area contributed by atoms with Crippen molar-refractivity contribution in [3.63, 3.8) is 0 Å². The first-order valence-corrected chi connectivity index (χ1v) is 7.62. The Balaban J connectivity index is 1.75. The summed E-state index contributed by atoms with van der Waals surface area (Å²) in [6, 6.07) is 2.08. The molecule has 1 aliphatic rings. The van der Waals surface area contributed by atoms with Crippen LogP contribution in [0.25, 0.3) is 0 Å². The van der Waals surface area contributed by atoms with Crippen LogP contribution in [0.15, 0.2) is 6.07 Å². The number of hydrogen-bond acceptors (Lipinski definition) is 3. The molecule has 1 amide bonds. The van der Waals surface area contributed by atoms with Gasteiger partial charge in [0.1, 0.15) is 0 Å². The van der Waals surface area contributed by atoms with Gasteiger partial charge in [0.15, 0.2) is 0 Å². The van der Waals surface area contributed by atoms with Crippen molar-refractivity contribution in [1.82, 2.24) is 20.4 Å². The van der Waals surface area contributed by atoms with Crippen LogP contribution in [0.2, 0.25) is 0 Å². The molecule has 0 aliphatic carbocycles. The molecule has 112 valence electrons. The highest BCUT2D eigenvalue weighted by Crippen LogP contribution is 2.22. The van der Waals surface area contributed by atoms with Gasteiger partial charge in [-0.1, -0.05) is 6.92 Å². The van der Waals surface area contributed by atoms with E-state index in [1.165, 1.54) is 5.69 Å². The summed E-state index contributed by atoms with van der Waals surface area (Å²) in [4.78, 5) is 12.3. The lowest BCUT2D eigenvalue weighted by Gasteiger charge is -2.26. The van der Waals surface area contributed by atoms with E-state index >= 15 is 0 Å².